The minimum absolute atomic E-state index is 0.0960. The van der Waals surface area contributed by atoms with Crippen LogP contribution in [0.25, 0.3) is 0 Å². The van der Waals surface area contributed by atoms with E-state index in [-0.39, 0.29) is 24.3 Å². The van der Waals surface area contributed by atoms with Crippen molar-refractivity contribution >= 4 is 14.3 Å². The summed E-state index contributed by atoms with van der Waals surface area (Å²) >= 11 is 0. The number of carbonyl (C=O) groups is 1. The van der Waals surface area contributed by atoms with Crippen LogP contribution in [0.1, 0.15) is 20.3 Å². The van der Waals surface area contributed by atoms with Crippen LogP contribution in [-0.2, 0) is 18.7 Å². The molecule has 0 N–H and O–H groups in total. The van der Waals surface area contributed by atoms with Crippen LogP contribution in [0.4, 0.5) is 0 Å². The number of fused-ring (bicyclic) bond motifs is 1. The smallest absolute Gasteiger partial charge is 0.344 e. The van der Waals surface area contributed by atoms with Crippen molar-refractivity contribution in [3.05, 3.63) is 0 Å². The van der Waals surface area contributed by atoms with Gasteiger partial charge < -0.3 is 13.9 Å². The summed E-state index contributed by atoms with van der Waals surface area (Å²) in [6.45, 7) is 10.3. The molecule has 0 bridgehead atoms. The third kappa shape index (κ3) is 1.71. The van der Waals surface area contributed by atoms with E-state index in [2.05, 4.69) is 19.6 Å². The Kier molecular flexibility index (Phi) is 2.68. The summed E-state index contributed by atoms with van der Waals surface area (Å²) in [4.78, 5) is 11.8. The Morgan fingerprint density at radius 1 is 1.50 bits per heavy atom. The SMILES string of the molecule is CCC(O[Si](C)(C)C)[C@@]12O[C@@H]1[C@@H](C)OC2=O. The van der Waals surface area contributed by atoms with Gasteiger partial charge in [0.25, 0.3) is 0 Å². The molecule has 2 rings (SSSR count). The monoisotopic (exact) mass is 244 g/mol. The third-order valence-electron chi connectivity index (χ3n) is 3.07. The maximum atomic E-state index is 11.8. The molecule has 4 atom stereocenters. The van der Waals surface area contributed by atoms with E-state index < -0.39 is 13.9 Å². The molecule has 5 heteroatoms. The summed E-state index contributed by atoms with van der Waals surface area (Å²) in [5.41, 5.74) is -0.783. The number of hydrogen-bond donors (Lipinski definition) is 0. The van der Waals surface area contributed by atoms with E-state index in [1.165, 1.54) is 0 Å². The molecule has 2 aliphatic heterocycles. The Morgan fingerprint density at radius 2 is 2.12 bits per heavy atom. The van der Waals surface area contributed by atoms with Crippen molar-refractivity contribution in [2.75, 3.05) is 0 Å². The second kappa shape index (κ2) is 3.55. The first-order chi connectivity index (χ1) is 7.31. The maximum absolute atomic E-state index is 11.8. The quantitative estimate of drug-likeness (QED) is 0.429. The lowest BCUT2D eigenvalue weighted by Crippen LogP contribution is -2.44. The number of hydrogen-bond acceptors (Lipinski definition) is 4. The first kappa shape index (κ1) is 12.1. The number of cyclic esters (lactones) is 1. The zero-order valence-electron chi connectivity index (χ0n) is 10.6. The van der Waals surface area contributed by atoms with Crippen molar-refractivity contribution in [1.29, 1.82) is 0 Å². The normalized spacial score (nSPS) is 39.2. The van der Waals surface area contributed by atoms with E-state index >= 15 is 0 Å². The number of ether oxygens (including phenoxy) is 2. The Hall–Kier alpha value is -0.393. The van der Waals surface area contributed by atoms with Gasteiger partial charge in [0.1, 0.15) is 12.2 Å². The molecule has 2 fully saturated rings. The van der Waals surface area contributed by atoms with Gasteiger partial charge in [0.15, 0.2) is 8.32 Å². The zero-order valence-corrected chi connectivity index (χ0v) is 11.6. The topological polar surface area (TPSA) is 48.1 Å². The minimum atomic E-state index is -1.67. The highest BCUT2D eigenvalue weighted by Gasteiger charge is 2.75. The molecule has 0 aliphatic carbocycles. The number of esters is 1. The summed E-state index contributed by atoms with van der Waals surface area (Å²) < 4.78 is 16.8. The predicted octanol–water partition coefficient (Wildman–Crippen LogP) is 1.70. The highest BCUT2D eigenvalue weighted by molar-refractivity contribution is 6.69. The maximum Gasteiger partial charge on any atom is 0.344 e. The molecule has 0 saturated carbocycles. The molecule has 0 radical (unpaired) electrons. The third-order valence-corrected chi connectivity index (χ3v) is 4.06. The number of carbonyl (C=O) groups excluding carboxylic acids is 1. The van der Waals surface area contributed by atoms with E-state index in [9.17, 15) is 4.79 Å². The van der Waals surface area contributed by atoms with E-state index in [1.54, 1.807) is 0 Å². The molecule has 0 spiro atoms. The van der Waals surface area contributed by atoms with Gasteiger partial charge in [0.05, 0.1) is 6.10 Å². The molecule has 0 amide bonds. The van der Waals surface area contributed by atoms with Crippen LogP contribution < -0.4 is 0 Å². The highest BCUT2D eigenvalue weighted by atomic mass is 28.4. The summed E-state index contributed by atoms with van der Waals surface area (Å²) in [7, 11) is -1.67. The van der Waals surface area contributed by atoms with Gasteiger partial charge in [0, 0.05) is 0 Å². The van der Waals surface area contributed by atoms with E-state index in [4.69, 9.17) is 13.9 Å². The van der Waals surface area contributed by atoms with Crippen molar-refractivity contribution in [3.63, 3.8) is 0 Å². The molecular formula is C11H20O4Si. The largest absolute Gasteiger partial charge is 0.457 e. The Bertz CT molecular complexity index is 312. The Morgan fingerprint density at radius 3 is 2.44 bits per heavy atom. The summed E-state index contributed by atoms with van der Waals surface area (Å²) in [6, 6.07) is 0. The van der Waals surface area contributed by atoms with Crippen molar-refractivity contribution < 1.29 is 18.7 Å². The standard InChI is InChI=1S/C11H20O4Si/c1-6-8(15-16(3,4)5)11-9(14-11)7(2)13-10(11)12/h7-9H,6H2,1-5H3/t7-,8?,9-,11-/m1/s1. The number of rotatable bonds is 4. The molecule has 0 aromatic rings. The average molecular weight is 244 g/mol. The molecule has 1 unspecified atom stereocenters. The molecule has 2 saturated heterocycles. The molecule has 0 aromatic carbocycles. The first-order valence-electron chi connectivity index (χ1n) is 5.88. The van der Waals surface area contributed by atoms with Gasteiger partial charge in [-0.3, -0.25) is 0 Å². The van der Waals surface area contributed by atoms with Gasteiger partial charge in [-0.25, -0.2) is 4.79 Å². The van der Waals surface area contributed by atoms with Crippen LogP contribution in [0.15, 0.2) is 0 Å². The lowest BCUT2D eigenvalue weighted by Gasteiger charge is -2.27. The van der Waals surface area contributed by atoms with Gasteiger partial charge in [-0.1, -0.05) is 6.92 Å². The predicted molar refractivity (Wildman–Crippen MR) is 61.7 cm³/mol. The fourth-order valence-corrected chi connectivity index (χ4v) is 3.59. The Balaban J connectivity index is 2.15. The summed E-state index contributed by atoms with van der Waals surface area (Å²) in [5.74, 6) is -0.241. The van der Waals surface area contributed by atoms with Crippen LogP contribution in [0.3, 0.4) is 0 Å². The van der Waals surface area contributed by atoms with Gasteiger partial charge in [0.2, 0.25) is 5.60 Å². The van der Waals surface area contributed by atoms with Crippen LogP contribution >= 0.6 is 0 Å². The molecule has 2 heterocycles. The van der Waals surface area contributed by atoms with Crippen LogP contribution in [-0.4, -0.2) is 38.2 Å². The fraction of sp³-hybridized carbons (Fsp3) is 0.909. The van der Waals surface area contributed by atoms with E-state index in [1.807, 2.05) is 13.8 Å². The molecular weight excluding hydrogens is 224 g/mol. The lowest BCUT2D eigenvalue weighted by molar-refractivity contribution is -0.156. The lowest BCUT2D eigenvalue weighted by atomic mass is 9.97. The summed E-state index contributed by atoms with van der Waals surface area (Å²) in [6.07, 6.45) is 0.400. The van der Waals surface area contributed by atoms with Crippen LogP contribution in [0.5, 0.6) is 0 Å². The van der Waals surface area contributed by atoms with Crippen molar-refractivity contribution in [2.45, 2.75) is 63.8 Å². The van der Waals surface area contributed by atoms with E-state index in [0.29, 0.717) is 0 Å². The first-order valence-corrected chi connectivity index (χ1v) is 9.29. The number of epoxide rings is 1. The fourth-order valence-electron chi connectivity index (χ4n) is 2.40. The van der Waals surface area contributed by atoms with Crippen molar-refractivity contribution in [3.8, 4) is 0 Å². The minimum Gasteiger partial charge on any atom is -0.457 e. The molecule has 2 aliphatic rings. The van der Waals surface area contributed by atoms with Crippen molar-refractivity contribution in [2.24, 2.45) is 0 Å². The molecule has 92 valence electrons. The average Bonchev–Trinajstić information content (AvgIpc) is 2.83. The summed E-state index contributed by atoms with van der Waals surface area (Å²) in [5, 5.41) is 0. The van der Waals surface area contributed by atoms with Crippen molar-refractivity contribution in [1.82, 2.24) is 0 Å². The molecule has 16 heavy (non-hydrogen) atoms. The van der Waals surface area contributed by atoms with Gasteiger partial charge in [-0.2, -0.15) is 0 Å². The van der Waals surface area contributed by atoms with Crippen LogP contribution in [0.2, 0.25) is 19.6 Å². The van der Waals surface area contributed by atoms with Gasteiger partial charge in [-0.15, -0.1) is 0 Å². The highest BCUT2D eigenvalue weighted by Crippen LogP contribution is 2.51. The van der Waals surface area contributed by atoms with Gasteiger partial charge in [-0.05, 0) is 33.0 Å². The van der Waals surface area contributed by atoms with Crippen LogP contribution in [0, 0.1) is 0 Å². The van der Waals surface area contributed by atoms with E-state index in [0.717, 1.165) is 6.42 Å². The molecule has 4 nitrogen and oxygen atoms in total. The molecule has 0 aromatic heterocycles. The Labute approximate surface area is 97.4 Å². The second-order valence-corrected chi connectivity index (χ2v) is 10.0. The zero-order chi connectivity index (χ0) is 12.1. The second-order valence-electron chi connectivity index (χ2n) is 5.57. The van der Waals surface area contributed by atoms with Gasteiger partial charge >= 0.3 is 5.97 Å².